The molecule has 2 N–H and O–H groups in total. The third-order valence-corrected chi connectivity index (χ3v) is 4.52. The Bertz CT molecular complexity index is 820. The minimum absolute atomic E-state index is 0.0771. The number of amides is 2. The molecule has 1 saturated heterocycles. The monoisotopic (exact) mass is 388 g/mol. The molecule has 0 radical (unpaired) electrons. The van der Waals surface area contributed by atoms with Crippen molar-refractivity contribution in [3.8, 4) is 5.75 Å². The van der Waals surface area contributed by atoms with Crippen LogP contribution in [0.3, 0.4) is 0 Å². The number of hydrogen-bond acceptors (Lipinski definition) is 3. The van der Waals surface area contributed by atoms with Crippen molar-refractivity contribution in [1.29, 1.82) is 0 Å². The highest BCUT2D eigenvalue weighted by Crippen LogP contribution is 2.28. The maximum absolute atomic E-state index is 12.3. The number of nitrogens with zero attached hydrogens (tertiary/aromatic N) is 1. The number of phenolic OH excluding ortho intramolecular Hbond substituents is 1. The molecule has 124 valence electrons. The van der Waals surface area contributed by atoms with Crippen LogP contribution in [-0.4, -0.2) is 23.5 Å². The minimum Gasteiger partial charge on any atom is -0.507 e. The summed E-state index contributed by atoms with van der Waals surface area (Å²) in [5.41, 5.74) is 2.61. The maximum atomic E-state index is 12.3. The Morgan fingerprint density at radius 1 is 1.25 bits per heavy atom. The SMILES string of the molecule is Cc1cc(NC(=O)c2cc(Br)ccc2O)ccc1N1CCCC1=O. The lowest BCUT2D eigenvalue weighted by Crippen LogP contribution is -2.24. The molecule has 1 heterocycles. The predicted octanol–water partition coefficient (Wildman–Crippen LogP) is 3.84. The van der Waals surface area contributed by atoms with Gasteiger partial charge < -0.3 is 15.3 Å². The molecule has 6 heteroatoms. The lowest BCUT2D eigenvalue weighted by atomic mass is 10.1. The van der Waals surface area contributed by atoms with E-state index in [-0.39, 0.29) is 17.2 Å². The zero-order valence-electron chi connectivity index (χ0n) is 13.2. The molecule has 1 aliphatic rings. The molecule has 1 aliphatic heterocycles. The maximum Gasteiger partial charge on any atom is 0.259 e. The molecule has 0 saturated carbocycles. The van der Waals surface area contributed by atoms with Gasteiger partial charge in [-0.15, -0.1) is 0 Å². The van der Waals surface area contributed by atoms with Gasteiger partial charge >= 0.3 is 0 Å². The number of aryl methyl sites for hydroxylation is 1. The van der Waals surface area contributed by atoms with E-state index in [1.54, 1.807) is 23.1 Å². The van der Waals surface area contributed by atoms with Crippen LogP contribution in [0.15, 0.2) is 40.9 Å². The average molecular weight is 389 g/mol. The summed E-state index contributed by atoms with van der Waals surface area (Å²) in [4.78, 5) is 26.0. The second-order valence-corrected chi connectivity index (χ2v) is 6.68. The predicted molar refractivity (Wildman–Crippen MR) is 96.5 cm³/mol. The number of rotatable bonds is 3. The van der Waals surface area contributed by atoms with Crippen LogP contribution in [-0.2, 0) is 4.79 Å². The first-order chi connectivity index (χ1) is 11.5. The Balaban J connectivity index is 1.81. The van der Waals surface area contributed by atoms with Crippen molar-refractivity contribution in [3.63, 3.8) is 0 Å². The van der Waals surface area contributed by atoms with Crippen molar-refractivity contribution >= 4 is 39.1 Å². The Hall–Kier alpha value is -2.34. The Kier molecular flexibility index (Phi) is 4.57. The number of hydrogen-bond donors (Lipinski definition) is 2. The molecule has 2 aromatic rings. The average Bonchev–Trinajstić information content (AvgIpc) is 2.96. The van der Waals surface area contributed by atoms with Gasteiger partial charge in [0.1, 0.15) is 5.75 Å². The first-order valence-corrected chi connectivity index (χ1v) is 8.46. The first kappa shape index (κ1) is 16.5. The summed E-state index contributed by atoms with van der Waals surface area (Å²) in [6.45, 7) is 2.64. The standard InChI is InChI=1S/C18H17BrN2O3/c1-11-9-13(5-6-15(11)21-8-2-3-17(21)23)20-18(24)14-10-12(19)4-7-16(14)22/h4-7,9-10,22H,2-3,8H2,1H3,(H,20,24). The largest absolute Gasteiger partial charge is 0.507 e. The summed E-state index contributed by atoms with van der Waals surface area (Å²) in [5.74, 6) is -0.334. The van der Waals surface area contributed by atoms with Crippen molar-refractivity contribution in [3.05, 3.63) is 52.0 Å². The van der Waals surface area contributed by atoms with E-state index >= 15 is 0 Å². The topological polar surface area (TPSA) is 69.6 Å². The van der Waals surface area contributed by atoms with Crippen LogP contribution in [0, 0.1) is 6.92 Å². The second-order valence-electron chi connectivity index (χ2n) is 5.77. The third-order valence-electron chi connectivity index (χ3n) is 4.02. The molecular formula is C18H17BrN2O3. The van der Waals surface area contributed by atoms with Gasteiger partial charge in [0.25, 0.3) is 5.91 Å². The zero-order chi connectivity index (χ0) is 17.3. The van der Waals surface area contributed by atoms with Gasteiger partial charge in [0.2, 0.25) is 5.91 Å². The second kappa shape index (κ2) is 6.65. The number of benzene rings is 2. The summed E-state index contributed by atoms with van der Waals surface area (Å²) in [6, 6.07) is 10.1. The van der Waals surface area contributed by atoms with E-state index < -0.39 is 5.91 Å². The van der Waals surface area contributed by atoms with Crippen molar-refractivity contribution in [1.82, 2.24) is 0 Å². The normalized spacial score (nSPS) is 14.1. The number of nitrogens with one attached hydrogen (secondary N) is 1. The van der Waals surface area contributed by atoms with Crippen LogP contribution in [0.5, 0.6) is 5.75 Å². The van der Waals surface area contributed by atoms with E-state index in [0.29, 0.717) is 16.6 Å². The molecule has 1 fully saturated rings. The highest BCUT2D eigenvalue weighted by molar-refractivity contribution is 9.10. The summed E-state index contributed by atoms with van der Waals surface area (Å²) in [5, 5.41) is 12.6. The van der Waals surface area contributed by atoms with Crippen LogP contribution >= 0.6 is 15.9 Å². The number of aromatic hydroxyl groups is 1. The molecule has 0 aromatic heterocycles. The smallest absolute Gasteiger partial charge is 0.259 e. The first-order valence-electron chi connectivity index (χ1n) is 7.66. The van der Waals surface area contributed by atoms with Crippen LogP contribution in [0.4, 0.5) is 11.4 Å². The number of carbonyl (C=O) groups is 2. The molecular weight excluding hydrogens is 372 g/mol. The summed E-state index contributed by atoms with van der Waals surface area (Å²) in [6.07, 6.45) is 1.46. The van der Waals surface area contributed by atoms with Gasteiger partial charge in [-0.2, -0.15) is 0 Å². The minimum atomic E-state index is -0.391. The number of anilines is 2. The molecule has 2 aromatic carbocycles. The van der Waals surface area contributed by atoms with Gasteiger partial charge in [0, 0.05) is 28.8 Å². The van der Waals surface area contributed by atoms with Crippen molar-refractivity contribution in [2.24, 2.45) is 0 Å². The van der Waals surface area contributed by atoms with Gasteiger partial charge in [0.15, 0.2) is 0 Å². The van der Waals surface area contributed by atoms with Gasteiger partial charge in [-0.25, -0.2) is 0 Å². The lowest BCUT2D eigenvalue weighted by molar-refractivity contribution is -0.117. The Morgan fingerprint density at radius 2 is 2.04 bits per heavy atom. The highest BCUT2D eigenvalue weighted by atomic mass is 79.9. The van der Waals surface area contributed by atoms with Crippen molar-refractivity contribution in [2.75, 3.05) is 16.8 Å². The van der Waals surface area contributed by atoms with E-state index in [2.05, 4.69) is 21.2 Å². The van der Waals surface area contributed by atoms with Crippen molar-refractivity contribution in [2.45, 2.75) is 19.8 Å². The summed E-state index contributed by atoms with van der Waals surface area (Å²) < 4.78 is 0.713. The van der Waals surface area contributed by atoms with Gasteiger partial charge in [-0.1, -0.05) is 15.9 Å². The van der Waals surface area contributed by atoms with Crippen LogP contribution in [0.1, 0.15) is 28.8 Å². The fourth-order valence-electron chi connectivity index (χ4n) is 2.83. The van der Waals surface area contributed by atoms with Crippen LogP contribution < -0.4 is 10.2 Å². The molecule has 0 unspecified atom stereocenters. The van der Waals surface area contributed by atoms with E-state index in [0.717, 1.165) is 24.2 Å². The molecule has 5 nitrogen and oxygen atoms in total. The Morgan fingerprint density at radius 3 is 2.71 bits per heavy atom. The Labute approximate surface area is 148 Å². The van der Waals surface area contributed by atoms with Gasteiger partial charge in [-0.05, 0) is 55.3 Å². The molecule has 24 heavy (non-hydrogen) atoms. The van der Waals surface area contributed by atoms with Crippen molar-refractivity contribution < 1.29 is 14.7 Å². The van der Waals surface area contributed by atoms with E-state index in [1.807, 2.05) is 19.1 Å². The van der Waals surface area contributed by atoms with Gasteiger partial charge in [-0.3, -0.25) is 9.59 Å². The van der Waals surface area contributed by atoms with E-state index in [4.69, 9.17) is 0 Å². The highest BCUT2D eigenvalue weighted by Gasteiger charge is 2.23. The molecule has 3 rings (SSSR count). The molecule has 2 amide bonds. The third kappa shape index (κ3) is 3.28. The fourth-order valence-corrected chi connectivity index (χ4v) is 3.19. The quantitative estimate of drug-likeness (QED) is 0.838. The summed E-state index contributed by atoms with van der Waals surface area (Å²) >= 11 is 3.29. The van der Waals surface area contributed by atoms with Crippen LogP contribution in [0.25, 0.3) is 0 Å². The van der Waals surface area contributed by atoms with Crippen LogP contribution in [0.2, 0.25) is 0 Å². The summed E-state index contributed by atoms with van der Waals surface area (Å²) in [7, 11) is 0. The number of halogens is 1. The molecule has 0 bridgehead atoms. The zero-order valence-corrected chi connectivity index (χ0v) is 14.8. The number of carbonyl (C=O) groups excluding carboxylic acids is 2. The molecule has 0 aliphatic carbocycles. The fraction of sp³-hybridized carbons (Fsp3) is 0.222. The van der Waals surface area contributed by atoms with E-state index in [1.165, 1.54) is 6.07 Å². The number of phenols is 1. The lowest BCUT2D eigenvalue weighted by Gasteiger charge is -2.19. The van der Waals surface area contributed by atoms with Gasteiger partial charge in [0.05, 0.1) is 5.56 Å². The van der Waals surface area contributed by atoms with E-state index in [9.17, 15) is 14.7 Å². The molecule has 0 atom stereocenters. The molecule has 0 spiro atoms.